The molecule has 0 aliphatic heterocycles. The lowest BCUT2D eigenvalue weighted by atomic mass is 9.91. The zero-order chi connectivity index (χ0) is 19.4. The fourth-order valence-corrected chi connectivity index (χ4v) is 1.80. The van der Waals surface area contributed by atoms with Crippen molar-refractivity contribution in [1.82, 2.24) is 0 Å². The standard InChI is InChI=1S/C19H19F3N2O2/c1-4-18(2,3)17(25)26-16-11-9-15(10-12-16)24-23-14-7-5-13(6-8-14)19(20,21)22/h5-12H,4H2,1-3H3. The molecular formula is C19H19F3N2O2. The van der Waals surface area contributed by atoms with Gasteiger partial charge in [0.25, 0.3) is 0 Å². The van der Waals surface area contributed by atoms with Gasteiger partial charge in [0.1, 0.15) is 5.75 Å². The maximum atomic E-state index is 12.5. The molecule has 0 aliphatic rings. The number of ether oxygens (including phenoxy) is 1. The van der Waals surface area contributed by atoms with Gasteiger partial charge in [-0.25, -0.2) is 0 Å². The van der Waals surface area contributed by atoms with Crippen LogP contribution in [0.2, 0.25) is 0 Å². The Hall–Kier alpha value is -2.70. The highest BCUT2D eigenvalue weighted by molar-refractivity contribution is 5.78. The van der Waals surface area contributed by atoms with Gasteiger partial charge < -0.3 is 4.74 Å². The van der Waals surface area contributed by atoms with Crippen molar-refractivity contribution in [3.8, 4) is 5.75 Å². The second kappa shape index (κ2) is 7.68. The van der Waals surface area contributed by atoms with E-state index in [1.165, 1.54) is 12.1 Å². The summed E-state index contributed by atoms with van der Waals surface area (Å²) in [5, 5.41) is 7.85. The third kappa shape index (κ3) is 5.15. The molecule has 0 atom stereocenters. The molecule has 0 bridgehead atoms. The summed E-state index contributed by atoms with van der Waals surface area (Å²) >= 11 is 0. The van der Waals surface area contributed by atoms with E-state index in [0.717, 1.165) is 12.1 Å². The molecule has 0 radical (unpaired) electrons. The number of carbonyl (C=O) groups excluding carboxylic acids is 1. The van der Waals surface area contributed by atoms with Gasteiger partial charge in [-0.2, -0.15) is 23.4 Å². The van der Waals surface area contributed by atoms with Crippen molar-refractivity contribution in [3.05, 3.63) is 54.1 Å². The third-order valence-corrected chi connectivity index (χ3v) is 3.96. The van der Waals surface area contributed by atoms with Crippen LogP contribution in [0.4, 0.5) is 24.5 Å². The number of rotatable bonds is 5. The van der Waals surface area contributed by atoms with E-state index in [4.69, 9.17) is 4.74 Å². The Morgan fingerprint density at radius 2 is 1.38 bits per heavy atom. The van der Waals surface area contributed by atoms with E-state index in [1.807, 2.05) is 20.8 Å². The van der Waals surface area contributed by atoms with Gasteiger partial charge in [-0.15, -0.1) is 0 Å². The minimum atomic E-state index is -4.38. The molecule has 0 heterocycles. The van der Waals surface area contributed by atoms with Crippen LogP contribution in [0.25, 0.3) is 0 Å². The van der Waals surface area contributed by atoms with Gasteiger partial charge in [0.05, 0.1) is 22.4 Å². The number of azo groups is 1. The average Bonchev–Trinajstić information content (AvgIpc) is 2.60. The van der Waals surface area contributed by atoms with Crippen LogP contribution in [0.1, 0.15) is 32.8 Å². The third-order valence-electron chi connectivity index (χ3n) is 3.96. The smallest absolute Gasteiger partial charge is 0.416 e. The quantitative estimate of drug-likeness (QED) is 0.347. The van der Waals surface area contributed by atoms with Crippen molar-refractivity contribution >= 4 is 17.3 Å². The van der Waals surface area contributed by atoms with Crippen molar-refractivity contribution in [2.24, 2.45) is 15.6 Å². The molecule has 4 nitrogen and oxygen atoms in total. The second-order valence-corrected chi connectivity index (χ2v) is 6.37. The number of alkyl halides is 3. The molecule has 0 fully saturated rings. The number of nitrogens with zero attached hydrogens (tertiary/aromatic N) is 2. The second-order valence-electron chi connectivity index (χ2n) is 6.37. The summed E-state index contributed by atoms with van der Waals surface area (Å²) in [7, 11) is 0. The topological polar surface area (TPSA) is 51.0 Å². The molecular weight excluding hydrogens is 345 g/mol. The van der Waals surface area contributed by atoms with Gasteiger partial charge in [0.2, 0.25) is 0 Å². The van der Waals surface area contributed by atoms with Crippen molar-refractivity contribution in [1.29, 1.82) is 0 Å². The zero-order valence-corrected chi connectivity index (χ0v) is 14.7. The van der Waals surface area contributed by atoms with Crippen molar-refractivity contribution in [2.45, 2.75) is 33.4 Å². The van der Waals surface area contributed by atoms with Gasteiger partial charge in [0, 0.05) is 0 Å². The number of carbonyl (C=O) groups is 1. The normalized spacial score (nSPS) is 12.4. The van der Waals surface area contributed by atoms with Crippen LogP contribution < -0.4 is 4.74 Å². The molecule has 0 aliphatic carbocycles. The van der Waals surface area contributed by atoms with Crippen LogP contribution in [0.5, 0.6) is 5.75 Å². The minimum absolute atomic E-state index is 0.304. The summed E-state index contributed by atoms with van der Waals surface area (Å²) in [6.45, 7) is 5.52. The number of hydrogen-bond donors (Lipinski definition) is 0. The number of esters is 1. The van der Waals surface area contributed by atoms with Gasteiger partial charge in [-0.3, -0.25) is 4.79 Å². The largest absolute Gasteiger partial charge is 0.426 e. The number of benzene rings is 2. The van der Waals surface area contributed by atoms with Gasteiger partial charge >= 0.3 is 12.1 Å². The first-order chi connectivity index (χ1) is 12.1. The van der Waals surface area contributed by atoms with Crippen LogP contribution in [0.3, 0.4) is 0 Å². The summed E-state index contributed by atoms with van der Waals surface area (Å²) < 4.78 is 42.8. The van der Waals surface area contributed by atoms with Crippen molar-refractivity contribution in [2.75, 3.05) is 0 Å². The fraction of sp³-hybridized carbons (Fsp3) is 0.316. The number of hydrogen-bond acceptors (Lipinski definition) is 4. The Morgan fingerprint density at radius 1 is 0.923 bits per heavy atom. The molecule has 7 heteroatoms. The first-order valence-corrected chi connectivity index (χ1v) is 8.03. The molecule has 2 aromatic rings. The Kier molecular flexibility index (Phi) is 5.79. The van der Waals surface area contributed by atoms with Crippen LogP contribution in [0.15, 0.2) is 58.8 Å². The highest BCUT2D eigenvalue weighted by atomic mass is 19.4. The Balaban J connectivity index is 2.03. The Morgan fingerprint density at radius 3 is 1.81 bits per heavy atom. The molecule has 0 aromatic heterocycles. The molecule has 0 N–H and O–H groups in total. The monoisotopic (exact) mass is 364 g/mol. The molecule has 0 amide bonds. The zero-order valence-electron chi connectivity index (χ0n) is 14.7. The summed E-state index contributed by atoms with van der Waals surface area (Å²) in [5.41, 5.74) is -0.517. The summed E-state index contributed by atoms with van der Waals surface area (Å²) in [6, 6.07) is 10.8. The Bertz CT molecular complexity index is 780. The minimum Gasteiger partial charge on any atom is -0.426 e. The predicted molar refractivity (Wildman–Crippen MR) is 91.8 cm³/mol. The lowest BCUT2D eigenvalue weighted by molar-refractivity contribution is -0.144. The van der Waals surface area contributed by atoms with Crippen molar-refractivity contribution in [3.63, 3.8) is 0 Å². The molecule has 2 aromatic carbocycles. The first-order valence-electron chi connectivity index (χ1n) is 8.03. The van der Waals surface area contributed by atoms with Gasteiger partial charge in [-0.05, 0) is 68.8 Å². The highest BCUT2D eigenvalue weighted by Crippen LogP contribution is 2.31. The first kappa shape index (κ1) is 19.6. The van der Waals surface area contributed by atoms with Gasteiger partial charge in [-0.1, -0.05) is 6.92 Å². The van der Waals surface area contributed by atoms with E-state index in [2.05, 4.69) is 10.2 Å². The van der Waals surface area contributed by atoms with Gasteiger partial charge in [0.15, 0.2) is 0 Å². The van der Waals surface area contributed by atoms with Crippen LogP contribution in [-0.4, -0.2) is 5.97 Å². The molecule has 2 rings (SSSR count). The highest BCUT2D eigenvalue weighted by Gasteiger charge is 2.30. The summed E-state index contributed by atoms with van der Waals surface area (Å²) in [6.07, 6.45) is -3.72. The van der Waals surface area contributed by atoms with E-state index in [-0.39, 0.29) is 5.97 Å². The van der Waals surface area contributed by atoms with Crippen LogP contribution in [0, 0.1) is 5.41 Å². The fourth-order valence-electron chi connectivity index (χ4n) is 1.80. The maximum Gasteiger partial charge on any atom is 0.416 e. The summed E-state index contributed by atoms with van der Waals surface area (Å²) in [4.78, 5) is 12.0. The van der Waals surface area contributed by atoms with Crippen molar-refractivity contribution < 1.29 is 22.7 Å². The van der Waals surface area contributed by atoms with E-state index in [1.54, 1.807) is 24.3 Å². The van der Waals surface area contributed by atoms with Crippen LogP contribution >= 0.6 is 0 Å². The molecule has 0 spiro atoms. The van der Waals surface area contributed by atoms with Crippen LogP contribution in [-0.2, 0) is 11.0 Å². The predicted octanol–water partition coefficient (Wildman–Crippen LogP) is 6.46. The maximum absolute atomic E-state index is 12.5. The van der Waals surface area contributed by atoms with E-state index < -0.39 is 17.2 Å². The molecule has 0 saturated heterocycles. The molecule has 0 saturated carbocycles. The lowest BCUT2D eigenvalue weighted by Crippen LogP contribution is -2.28. The average molecular weight is 364 g/mol. The van der Waals surface area contributed by atoms with E-state index in [9.17, 15) is 18.0 Å². The molecule has 138 valence electrons. The molecule has 0 unspecified atom stereocenters. The molecule has 26 heavy (non-hydrogen) atoms. The lowest BCUT2D eigenvalue weighted by Gasteiger charge is -2.19. The SMILES string of the molecule is CCC(C)(C)C(=O)Oc1ccc(N=Nc2ccc(C(F)(F)F)cc2)cc1. The Labute approximate surface area is 149 Å². The van der Waals surface area contributed by atoms with E-state index >= 15 is 0 Å². The number of halogens is 3. The van der Waals surface area contributed by atoms with E-state index in [0.29, 0.717) is 23.5 Å². The summed E-state index contributed by atoms with van der Waals surface area (Å²) in [5.74, 6) is 0.0733.